The summed E-state index contributed by atoms with van der Waals surface area (Å²) in [6.07, 6.45) is 1.09. The van der Waals surface area contributed by atoms with Gasteiger partial charge in [-0.3, -0.25) is 4.63 Å². The van der Waals surface area contributed by atoms with Crippen LogP contribution in [0, 0.1) is 16.5 Å². The molecular formula is C7H9N3O4S. The standard InChI is InChI=1S/C7H9N3O4S/c1-2-3-4-15(12,13)7-6(5-8)9-14-10(7)11/h2-4H2,1H3. The first kappa shape index (κ1) is 11.5. The van der Waals surface area contributed by atoms with Crippen LogP contribution in [-0.2, 0) is 9.84 Å². The number of rotatable bonds is 4. The summed E-state index contributed by atoms with van der Waals surface area (Å²) in [7, 11) is -3.78. The zero-order valence-electron chi connectivity index (χ0n) is 8.00. The van der Waals surface area contributed by atoms with Crippen LogP contribution in [0.5, 0.6) is 0 Å². The molecule has 0 spiro atoms. The van der Waals surface area contributed by atoms with Crippen LogP contribution >= 0.6 is 0 Å². The zero-order chi connectivity index (χ0) is 11.5. The van der Waals surface area contributed by atoms with E-state index in [1.807, 2.05) is 6.92 Å². The molecule has 0 bridgehead atoms. The Bertz CT molecular complexity index is 485. The van der Waals surface area contributed by atoms with Gasteiger partial charge in [-0.1, -0.05) is 13.3 Å². The molecule has 0 saturated carbocycles. The van der Waals surface area contributed by atoms with Crippen LogP contribution in [0.15, 0.2) is 9.65 Å². The van der Waals surface area contributed by atoms with E-state index in [4.69, 9.17) is 5.26 Å². The van der Waals surface area contributed by atoms with Crippen molar-refractivity contribution in [2.75, 3.05) is 5.75 Å². The molecule has 0 N–H and O–H groups in total. The average molecular weight is 231 g/mol. The van der Waals surface area contributed by atoms with Gasteiger partial charge in [-0.2, -0.15) is 5.26 Å². The molecule has 0 radical (unpaired) electrons. The lowest BCUT2D eigenvalue weighted by atomic mass is 10.4. The summed E-state index contributed by atoms with van der Waals surface area (Å²) in [6, 6.07) is 1.49. The van der Waals surface area contributed by atoms with Crippen molar-refractivity contribution < 1.29 is 17.9 Å². The number of hydrogen-bond donors (Lipinski definition) is 0. The number of sulfone groups is 1. The Morgan fingerprint density at radius 3 is 2.87 bits per heavy atom. The highest BCUT2D eigenvalue weighted by Crippen LogP contribution is 2.11. The molecule has 0 fully saturated rings. The van der Waals surface area contributed by atoms with Crippen molar-refractivity contribution in [3.05, 3.63) is 10.9 Å². The lowest BCUT2D eigenvalue weighted by Gasteiger charge is -1.98. The summed E-state index contributed by atoms with van der Waals surface area (Å²) < 4.78 is 27.2. The van der Waals surface area contributed by atoms with Gasteiger partial charge in [0.1, 0.15) is 0 Å². The highest BCUT2D eigenvalue weighted by atomic mass is 32.2. The first-order valence-electron chi connectivity index (χ1n) is 4.25. The smallest absolute Gasteiger partial charge is 0.336 e. The molecule has 0 aromatic carbocycles. The van der Waals surface area contributed by atoms with Gasteiger partial charge in [0.15, 0.2) is 6.07 Å². The van der Waals surface area contributed by atoms with E-state index in [9.17, 15) is 13.6 Å². The first-order valence-corrected chi connectivity index (χ1v) is 5.90. The SMILES string of the molecule is CCCCS(=O)(=O)c1c(C#N)no[n+]1[O-]. The Morgan fingerprint density at radius 1 is 1.67 bits per heavy atom. The summed E-state index contributed by atoms with van der Waals surface area (Å²) in [4.78, 5) is -0.246. The molecule has 0 atom stereocenters. The van der Waals surface area contributed by atoms with Gasteiger partial charge >= 0.3 is 10.7 Å². The van der Waals surface area contributed by atoms with E-state index in [0.29, 0.717) is 12.8 Å². The molecule has 1 rings (SSSR count). The highest BCUT2D eigenvalue weighted by Gasteiger charge is 2.31. The van der Waals surface area contributed by atoms with Crippen molar-refractivity contribution >= 4 is 9.84 Å². The third-order valence-corrected chi connectivity index (χ3v) is 3.50. The zero-order valence-corrected chi connectivity index (χ0v) is 8.82. The summed E-state index contributed by atoms with van der Waals surface area (Å²) in [6.45, 7) is 1.82. The lowest BCUT2D eigenvalue weighted by Crippen LogP contribution is -2.32. The van der Waals surface area contributed by atoms with Gasteiger partial charge in [-0.25, -0.2) is 8.42 Å². The Labute approximate surface area is 86.4 Å². The molecule has 0 aliphatic heterocycles. The van der Waals surface area contributed by atoms with Crippen molar-refractivity contribution in [1.82, 2.24) is 5.16 Å². The molecule has 0 amide bonds. The van der Waals surface area contributed by atoms with Gasteiger partial charge in [-0.15, -0.1) is 0 Å². The topological polar surface area (TPSA) is 111 Å². The molecule has 8 heteroatoms. The van der Waals surface area contributed by atoms with Crippen LogP contribution < -0.4 is 4.90 Å². The largest absolute Gasteiger partial charge is 0.358 e. The Morgan fingerprint density at radius 2 is 2.33 bits per heavy atom. The number of unbranched alkanes of at least 4 members (excludes halogenated alkanes) is 1. The molecule has 82 valence electrons. The lowest BCUT2D eigenvalue weighted by molar-refractivity contribution is -0.832. The minimum Gasteiger partial charge on any atom is -0.358 e. The molecule has 0 unspecified atom stereocenters. The summed E-state index contributed by atoms with van der Waals surface area (Å²) in [5, 5.41) is 21.8. The minimum atomic E-state index is -3.78. The molecule has 0 aliphatic rings. The maximum Gasteiger partial charge on any atom is 0.336 e. The Kier molecular flexibility index (Phi) is 3.26. The number of aromatic nitrogens is 2. The molecular weight excluding hydrogens is 222 g/mol. The molecule has 1 heterocycles. The fraction of sp³-hybridized carbons (Fsp3) is 0.571. The second-order valence-corrected chi connectivity index (χ2v) is 4.89. The van der Waals surface area contributed by atoms with Crippen LogP contribution in [0.1, 0.15) is 25.5 Å². The van der Waals surface area contributed by atoms with E-state index >= 15 is 0 Å². The summed E-state index contributed by atoms with van der Waals surface area (Å²) >= 11 is 0. The number of nitrogens with zero attached hydrogens (tertiary/aromatic N) is 3. The van der Waals surface area contributed by atoms with Crippen LogP contribution in [0.4, 0.5) is 0 Å². The second kappa shape index (κ2) is 4.27. The maximum atomic E-state index is 11.6. The number of hydrogen-bond acceptors (Lipinski definition) is 6. The van der Waals surface area contributed by atoms with Crippen LogP contribution in [0.3, 0.4) is 0 Å². The molecule has 1 aromatic heterocycles. The van der Waals surface area contributed by atoms with Gasteiger partial charge < -0.3 is 5.21 Å². The van der Waals surface area contributed by atoms with Gasteiger partial charge in [-0.05, 0) is 11.3 Å². The van der Waals surface area contributed by atoms with E-state index in [0.717, 1.165) is 0 Å². The maximum absolute atomic E-state index is 11.6. The normalized spacial score (nSPS) is 11.2. The van der Waals surface area contributed by atoms with Crippen LogP contribution in [0.2, 0.25) is 0 Å². The molecule has 0 aliphatic carbocycles. The van der Waals surface area contributed by atoms with Crippen molar-refractivity contribution in [2.24, 2.45) is 0 Å². The van der Waals surface area contributed by atoms with E-state index in [1.54, 1.807) is 0 Å². The van der Waals surface area contributed by atoms with Gasteiger partial charge in [0, 0.05) is 0 Å². The quantitative estimate of drug-likeness (QED) is 0.661. The fourth-order valence-electron chi connectivity index (χ4n) is 1.00. The average Bonchev–Trinajstić information content (AvgIpc) is 2.57. The third kappa shape index (κ3) is 2.24. The fourth-order valence-corrected chi connectivity index (χ4v) is 2.50. The minimum absolute atomic E-state index is 0.193. The number of nitriles is 1. The van der Waals surface area contributed by atoms with E-state index in [1.165, 1.54) is 6.07 Å². The van der Waals surface area contributed by atoms with E-state index in [2.05, 4.69) is 9.79 Å². The monoisotopic (exact) mass is 231 g/mol. The Hall–Kier alpha value is -1.62. The molecule has 0 saturated heterocycles. The molecule has 15 heavy (non-hydrogen) atoms. The van der Waals surface area contributed by atoms with Crippen molar-refractivity contribution in [1.29, 1.82) is 5.26 Å². The molecule has 7 nitrogen and oxygen atoms in total. The van der Waals surface area contributed by atoms with E-state index in [-0.39, 0.29) is 10.7 Å². The Balaban J connectivity index is 3.15. The van der Waals surface area contributed by atoms with Gasteiger partial charge in [0.25, 0.3) is 0 Å². The van der Waals surface area contributed by atoms with E-state index < -0.39 is 20.6 Å². The first-order chi connectivity index (χ1) is 7.03. The van der Waals surface area contributed by atoms with Gasteiger partial charge in [0.2, 0.25) is 9.84 Å². The summed E-state index contributed by atoms with van der Waals surface area (Å²) in [5.74, 6) is -0.193. The van der Waals surface area contributed by atoms with Crippen molar-refractivity contribution in [3.63, 3.8) is 0 Å². The predicted octanol–water partition coefficient (Wildman–Crippen LogP) is -0.247. The van der Waals surface area contributed by atoms with Crippen molar-refractivity contribution in [2.45, 2.75) is 24.8 Å². The summed E-state index contributed by atoms with van der Waals surface area (Å²) in [5.41, 5.74) is -0.499. The molecule has 1 aromatic rings. The third-order valence-electron chi connectivity index (χ3n) is 1.74. The van der Waals surface area contributed by atoms with Crippen LogP contribution in [0.25, 0.3) is 0 Å². The second-order valence-electron chi connectivity index (χ2n) is 2.87. The predicted molar refractivity (Wildman–Crippen MR) is 47.1 cm³/mol. The van der Waals surface area contributed by atoms with Gasteiger partial charge in [0.05, 0.1) is 10.9 Å². The van der Waals surface area contributed by atoms with Crippen LogP contribution in [-0.4, -0.2) is 19.3 Å². The highest BCUT2D eigenvalue weighted by molar-refractivity contribution is 7.91. The van der Waals surface area contributed by atoms with Crippen molar-refractivity contribution in [3.8, 4) is 6.07 Å².